The van der Waals surface area contributed by atoms with E-state index in [0.717, 1.165) is 22.9 Å². The zero-order valence-corrected chi connectivity index (χ0v) is 12.8. The van der Waals surface area contributed by atoms with E-state index in [0.29, 0.717) is 10.8 Å². The Bertz CT molecular complexity index is 905. The van der Waals surface area contributed by atoms with Crippen LogP contribution in [0.2, 0.25) is 0 Å². The summed E-state index contributed by atoms with van der Waals surface area (Å²) in [6.07, 6.45) is 2.12. The minimum absolute atomic E-state index is 0.185. The zero-order valence-electron chi connectivity index (χ0n) is 12.8. The van der Waals surface area contributed by atoms with Crippen LogP contribution >= 0.6 is 0 Å². The number of hydrogen-bond donors (Lipinski definition) is 0. The number of ether oxygens (including phenoxy) is 2. The first-order valence-electron chi connectivity index (χ1n) is 7.27. The topological polar surface area (TPSA) is 52.6 Å². The average molecular weight is 318 g/mol. The predicted molar refractivity (Wildman–Crippen MR) is 93.1 cm³/mol. The summed E-state index contributed by atoms with van der Waals surface area (Å²) in [5.41, 5.74) is 0. The smallest absolute Gasteiger partial charge is 0.335 e. The Morgan fingerprint density at radius 1 is 0.667 bits per heavy atom. The van der Waals surface area contributed by atoms with Crippen LogP contribution < -0.4 is 9.47 Å². The van der Waals surface area contributed by atoms with E-state index in [2.05, 4.69) is 13.2 Å². The van der Waals surface area contributed by atoms with E-state index in [-0.39, 0.29) is 11.5 Å². The van der Waals surface area contributed by atoms with Crippen molar-refractivity contribution in [2.75, 3.05) is 0 Å². The number of carbonyl (C=O) groups is 2. The van der Waals surface area contributed by atoms with E-state index >= 15 is 0 Å². The molecule has 0 heterocycles. The van der Waals surface area contributed by atoms with E-state index in [1.165, 1.54) is 0 Å². The molecule has 0 aliphatic heterocycles. The van der Waals surface area contributed by atoms with E-state index in [9.17, 15) is 9.59 Å². The van der Waals surface area contributed by atoms with Gasteiger partial charge >= 0.3 is 11.9 Å². The Kier molecular flexibility index (Phi) is 4.12. The van der Waals surface area contributed by atoms with Crippen LogP contribution in [0.1, 0.15) is 0 Å². The van der Waals surface area contributed by atoms with Gasteiger partial charge in [0.2, 0.25) is 0 Å². The fourth-order valence-corrected chi connectivity index (χ4v) is 2.56. The second-order valence-electron chi connectivity index (χ2n) is 5.00. The molecule has 0 spiro atoms. The van der Waals surface area contributed by atoms with E-state index in [1.807, 2.05) is 36.4 Å². The average Bonchev–Trinajstić information content (AvgIpc) is 2.63. The molecule has 0 saturated heterocycles. The molecule has 0 saturated carbocycles. The van der Waals surface area contributed by atoms with Gasteiger partial charge in [0, 0.05) is 22.9 Å². The molecule has 0 atom stereocenters. The highest BCUT2D eigenvalue weighted by Gasteiger charge is 2.20. The minimum atomic E-state index is -0.633. The van der Waals surface area contributed by atoms with Crippen molar-refractivity contribution in [1.82, 2.24) is 0 Å². The molecule has 4 heteroatoms. The van der Waals surface area contributed by atoms with Crippen molar-refractivity contribution in [3.63, 3.8) is 0 Å². The standard InChI is InChI=1S/C20H14O4/c1-3-17(21)23-19-15-11-7-5-9-13(15)14-10-6-8-12-16(14)20(19)24-18(22)4-2/h3-12H,1-2H2. The highest BCUT2D eigenvalue weighted by Crippen LogP contribution is 2.43. The summed E-state index contributed by atoms with van der Waals surface area (Å²) in [6, 6.07) is 14.9. The molecule has 3 rings (SSSR count). The SMILES string of the molecule is C=CC(=O)Oc1c(OC(=O)C=C)c2ccccc2c2ccccc12. The number of rotatable bonds is 4. The second-order valence-corrected chi connectivity index (χ2v) is 5.00. The van der Waals surface area contributed by atoms with Gasteiger partial charge in [0.15, 0.2) is 11.5 Å². The molecule has 24 heavy (non-hydrogen) atoms. The van der Waals surface area contributed by atoms with Gasteiger partial charge in [0.1, 0.15) is 0 Å². The molecule has 0 N–H and O–H groups in total. The molecule has 118 valence electrons. The summed E-state index contributed by atoms with van der Waals surface area (Å²) in [4.78, 5) is 23.5. The molecule has 0 aliphatic rings. The van der Waals surface area contributed by atoms with Crippen LogP contribution in [0.15, 0.2) is 73.8 Å². The van der Waals surface area contributed by atoms with Crippen LogP contribution in [0.4, 0.5) is 0 Å². The van der Waals surface area contributed by atoms with Gasteiger partial charge in [0.05, 0.1) is 0 Å². The highest BCUT2D eigenvalue weighted by atomic mass is 16.6. The molecule has 0 aliphatic carbocycles. The first-order chi connectivity index (χ1) is 11.7. The summed E-state index contributed by atoms with van der Waals surface area (Å²) < 4.78 is 10.8. The van der Waals surface area contributed by atoms with E-state index < -0.39 is 11.9 Å². The summed E-state index contributed by atoms with van der Waals surface area (Å²) >= 11 is 0. The Balaban J connectivity index is 2.42. The lowest BCUT2D eigenvalue weighted by molar-refractivity contribution is -0.131. The molecule has 0 aromatic heterocycles. The number of benzene rings is 3. The fourth-order valence-electron chi connectivity index (χ4n) is 2.56. The maximum absolute atomic E-state index is 11.8. The molecule has 3 aromatic carbocycles. The first-order valence-corrected chi connectivity index (χ1v) is 7.27. The Morgan fingerprint density at radius 3 is 1.33 bits per heavy atom. The molecule has 0 fully saturated rings. The summed E-state index contributed by atoms with van der Waals surface area (Å²) in [5.74, 6) is -0.897. The van der Waals surface area contributed by atoms with Crippen LogP contribution in [-0.2, 0) is 9.59 Å². The normalized spacial score (nSPS) is 10.3. The van der Waals surface area contributed by atoms with Crippen LogP contribution in [0.3, 0.4) is 0 Å². The van der Waals surface area contributed by atoms with Crippen molar-refractivity contribution < 1.29 is 19.1 Å². The van der Waals surface area contributed by atoms with E-state index in [4.69, 9.17) is 9.47 Å². The molecular weight excluding hydrogens is 304 g/mol. The van der Waals surface area contributed by atoms with Gasteiger partial charge in [0.25, 0.3) is 0 Å². The van der Waals surface area contributed by atoms with Crippen LogP contribution in [0, 0.1) is 0 Å². The number of fused-ring (bicyclic) bond motifs is 3. The first kappa shape index (κ1) is 15.5. The maximum Gasteiger partial charge on any atom is 0.335 e. The second kappa shape index (κ2) is 6.38. The lowest BCUT2D eigenvalue weighted by Crippen LogP contribution is -2.09. The van der Waals surface area contributed by atoms with Crippen LogP contribution in [0.5, 0.6) is 11.5 Å². The van der Waals surface area contributed by atoms with Crippen LogP contribution in [0.25, 0.3) is 21.5 Å². The molecule has 3 aromatic rings. The van der Waals surface area contributed by atoms with Crippen molar-refractivity contribution in [2.45, 2.75) is 0 Å². The number of esters is 2. The number of hydrogen-bond acceptors (Lipinski definition) is 4. The molecule has 0 bridgehead atoms. The van der Waals surface area contributed by atoms with E-state index in [1.54, 1.807) is 12.1 Å². The third-order valence-electron chi connectivity index (χ3n) is 3.58. The van der Waals surface area contributed by atoms with Crippen molar-refractivity contribution >= 4 is 33.5 Å². The van der Waals surface area contributed by atoms with Gasteiger partial charge in [-0.25, -0.2) is 9.59 Å². The third-order valence-corrected chi connectivity index (χ3v) is 3.58. The number of carbonyl (C=O) groups excluding carboxylic acids is 2. The molecule has 0 amide bonds. The monoisotopic (exact) mass is 318 g/mol. The van der Waals surface area contributed by atoms with Gasteiger partial charge in [-0.1, -0.05) is 61.7 Å². The van der Waals surface area contributed by atoms with Crippen LogP contribution in [-0.4, -0.2) is 11.9 Å². The van der Waals surface area contributed by atoms with Crippen molar-refractivity contribution in [3.8, 4) is 11.5 Å². The van der Waals surface area contributed by atoms with Crippen molar-refractivity contribution in [2.24, 2.45) is 0 Å². The highest BCUT2D eigenvalue weighted by molar-refractivity contribution is 6.15. The summed E-state index contributed by atoms with van der Waals surface area (Å²) in [6.45, 7) is 6.81. The maximum atomic E-state index is 11.8. The largest absolute Gasteiger partial charge is 0.419 e. The zero-order chi connectivity index (χ0) is 17.1. The van der Waals surface area contributed by atoms with Crippen molar-refractivity contribution in [1.29, 1.82) is 0 Å². The summed E-state index contributed by atoms with van der Waals surface area (Å²) in [7, 11) is 0. The van der Waals surface area contributed by atoms with Gasteiger partial charge < -0.3 is 9.47 Å². The Morgan fingerprint density at radius 2 is 1.00 bits per heavy atom. The van der Waals surface area contributed by atoms with Gasteiger partial charge in [-0.05, 0) is 10.8 Å². The molecule has 0 unspecified atom stereocenters. The Labute approximate surface area is 138 Å². The third kappa shape index (κ3) is 2.65. The Hall–Kier alpha value is -3.40. The minimum Gasteiger partial charge on any atom is -0.419 e. The van der Waals surface area contributed by atoms with Gasteiger partial charge in [-0.2, -0.15) is 0 Å². The fraction of sp³-hybridized carbons (Fsp3) is 0. The quantitative estimate of drug-likeness (QED) is 0.313. The van der Waals surface area contributed by atoms with Gasteiger partial charge in [-0.3, -0.25) is 0 Å². The molecule has 0 radical (unpaired) electrons. The molecular formula is C20H14O4. The summed E-state index contributed by atoms with van der Waals surface area (Å²) in [5, 5.41) is 3.10. The van der Waals surface area contributed by atoms with Crippen molar-refractivity contribution in [3.05, 3.63) is 73.8 Å². The van der Waals surface area contributed by atoms with Gasteiger partial charge in [-0.15, -0.1) is 0 Å². The molecule has 4 nitrogen and oxygen atoms in total. The lowest BCUT2D eigenvalue weighted by atomic mass is 10.00. The lowest BCUT2D eigenvalue weighted by Gasteiger charge is -2.15. The predicted octanol–water partition coefficient (Wildman–Crippen LogP) is 4.18.